The quantitative estimate of drug-likeness (QED) is 0.672. The third kappa shape index (κ3) is 2.61. The highest BCUT2D eigenvalue weighted by Crippen LogP contribution is 2.37. The summed E-state index contributed by atoms with van der Waals surface area (Å²) in [5.74, 6) is 1.65. The number of furan rings is 1. The number of hydrogen-bond donors (Lipinski definition) is 0. The monoisotopic (exact) mass is 312 g/mol. The molecule has 5 heteroatoms. The molecule has 0 radical (unpaired) electrons. The second-order valence-electron chi connectivity index (χ2n) is 4.89. The molecular formula is C18H16O5. The van der Waals surface area contributed by atoms with Gasteiger partial charge in [0.05, 0.1) is 21.3 Å². The Labute approximate surface area is 133 Å². The first-order chi connectivity index (χ1) is 11.2. The van der Waals surface area contributed by atoms with Gasteiger partial charge in [-0.3, -0.25) is 4.79 Å². The molecule has 1 heterocycles. The van der Waals surface area contributed by atoms with Crippen LogP contribution in [-0.2, 0) is 0 Å². The van der Waals surface area contributed by atoms with E-state index in [4.69, 9.17) is 18.6 Å². The van der Waals surface area contributed by atoms with Gasteiger partial charge in [0.15, 0.2) is 17.1 Å². The lowest BCUT2D eigenvalue weighted by Crippen LogP contribution is -1.99. The van der Waals surface area contributed by atoms with Gasteiger partial charge in [-0.1, -0.05) is 12.1 Å². The lowest BCUT2D eigenvalue weighted by Gasteiger charge is -2.06. The van der Waals surface area contributed by atoms with E-state index < -0.39 is 0 Å². The van der Waals surface area contributed by atoms with E-state index >= 15 is 0 Å². The van der Waals surface area contributed by atoms with E-state index in [1.165, 1.54) is 7.11 Å². The van der Waals surface area contributed by atoms with Crippen LogP contribution in [0.1, 0.15) is 16.1 Å². The molecule has 3 aromatic rings. The van der Waals surface area contributed by atoms with E-state index in [0.29, 0.717) is 28.4 Å². The van der Waals surface area contributed by atoms with Crippen molar-refractivity contribution in [3.05, 3.63) is 53.8 Å². The molecule has 0 aliphatic carbocycles. The van der Waals surface area contributed by atoms with E-state index in [2.05, 4.69) is 0 Å². The average molecular weight is 312 g/mol. The van der Waals surface area contributed by atoms with Crippen LogP contribution in [0.15, 0.2) is 46.9 Å². The predicted octanol–water partition coefficient (Wildman–Crippen LogP) is 3.69. The third-order valence-electron chi connectivity index (χ3n) is 3.58. The number of fused-ring (bicyclic) bond motifs is 1. The number of rotatable bonds is 5. The largest absolute Gasteiger partial charge is 0.497 e. The van der Waals surface area contributed by atoms with Crippen molar-refractivity contribution in [3.8, 4) is 17.2 Å². The van der Waals surface area contributed by atoms with Crippen molar-refractivity contribution in [1.29, 1.82) is 0 Å². The number of methoxy groups -OCH3 is 3. The summed E-state index contributed by atoms with van der Waals surface area (Å²) in [6.45, 7) is 0. The fraction of sp³-hybridized carbons (Fsp3) is 0.167. The summed E-state index contributed by atoms with van der Waals surface area (Å²) in [6.07, 6.45) is 0. The molecular weight excluding hydrogens is 296 g/mol. The Morgan fingerprint density at radius 1 is 0.957 bits per heavy atom. The van der Waals surface area contributed by atoms with E-state index in [9.17, 15) is 4.79 Å². The van der Waals surface area contributed by atoms with Crippen molar-refractivity contribution in [1.82, 2.24) is 0 Å². The summed E-state index contributed by atoms with van der Waals surface area (Å²) in [5.41, 5.74) is 0.979. The third-order valence-corrected chi connectivity index (χ3v) is 3.58. The first-order valence-electron chi connectivity index (χ1n) is 7.01. The average Bonchev–Trinajstić information content (AvgIpc) is 3.04. The van der Waals surface area contributed by atoms with Crippen molar-refractivity contribution in [2.45, 2.75) is 0 Å². The summed E-state index contributed by atoms with van der Waals surface area (Å²) < 4.78 is 21.5. The Hall–Kier alpha value is -2.95. The molecule has 0 unspecified atom stereocenters. The SMILES string of the molecule is COc1cccc(C(=O)c2cc3ccc(OC)c(OC)c3o2)c1. The highest BCUT2D eigenvalue weighted by molar-refractivity contribution is 6.09. The fourth-order valence-electron chi connectivity index (χ4n) is 2.43. The van der Waals surface area contributed by atoms with E-state index in [1.54, 1.807) is 50.6 Å². The zero-order chi connectivity index (χ0) is 16.4. The Morgan fingerprint density at radius 2 is 1.78 bits per heavy atom. The Bertz CT molecular complexity index is 863. The minimum atomic E-state index is -0.221. The zero-order valence-electron chi connectivity index (χ0n) is 13.1. The number of carbonyl (C=O) groups excluding carboxylic acids is 1. The highest BCUT2D eigenvalue weighted by Gasteiger charge is 2.19. The molecule has 0 fully saturated rings. The number of carbonyl (C=O) groups is 1. The topological polar surface area (TPSA) is 57.9 Å². The standard InChI is InChI=1S/C18H16O5/c1-20-13-6-4-5-11(9-13)16(19)15-10-12-7-8-14(21-2)18(22-3)17(12)23-15/h4-10H,1-3H3. The van der Waals surface area contributed by atoms with Crippen LogP contribution in [0.3, 0.4) is 0 Å². The molecule has 5 nitrogen and oxygen atoms in total. The van der Waals surface area contributed by atoms with Gasteiger partial charge in [-0.05, 0) is 30.3 Å². The van der Waals surface area contributed by atoms with Crippen LogP contribution in [0.5, 0.6) is 17.2 Å². The zero-order valence-corrected chi connectivity index (χ0v) is 13.1. The second-order valence-corrected chi connectivity index (χ2v) is 4.89. The van der Waals surface area contributed by atoms with E-state index in [1.807, 2.05) is 6.07 Å². The molecule has 0 N–H and O–H groups in total. The molecule has 3 rings (SSSR count). The molecule has 0 saturated carbocycles. The number of benzene rings is 2. The first kappa shape index (κ1) is 15.0. The smallest absolute Gasteiger partial charge is 0.228 e. The lowest BCUT2D eigenvalue weighted by molar-refractivity contribution is 0.101. The summed E-state index contributed by atoms with van der Waals surface area (Å²) in [5, 5.41) is 0.772. The molecule has 0 amide bonds. The van der Waals surface area contributed by atoms with Gasteiger partial charge in [0.2, 0.25) is 11.5 Å². The normalized spacial score (nSPS) is 10.6. The van der Waals surface area contributed by atoms with Gasteiger partial charge >= 0.3 is 0 Å². The molecule has 118 valence electrons. The van der Waals surface area contributed by atoms with Crippen LogP contribution in [0.4, 0.5) is 0 Å². The Balaban J connectivity index is 2.07. The first-order valence-corrected chi connectivity index (χ1v) is 7.01. The summed E-state index contributed by atoms with van der Waals surface area (Å²) in [4.78, 5) is 12.6. The van der Waals surface area contributed by atoms with Crippen LogP contribution < -0.4 is 14.2 Å². The Morgan fingerprint density at radius 3 is 2.48 bits per heavy atom. The molecule has 2 aromatic carbocycles. The van der Waals surface area contributed by atoms with Gasteiger partial charge in [-0.25, -0.2) is 0 Å². The van der Waals surface area contributed by atoms with Crippen molar-refractivity contribution >= 4 is 16.8 Å². The van der Waals surface area contributed by atoms with Gasteiger partial charge in [-0.15, -0.1) is 0 Å². The molecule has 1 aromatic heterocycles. The predicted molar refractivity (Wildman–Crippen MR) is 85.7 cm³/mol. The van der Waals surface area contributed by atoms with Gasteiger partial charge < -0.3 is 18.6 Å². The fourth-order valence-corrected chi connectivity index (χ4v) is 2.43. The van der Waals surface area contributed by atoms with Crippen molar-refractivity contribution < 1.29 is 23.4 Å². The van der Waals surface area contributed by atoms with Gasteiger partial charge in [0, 0.05) is 10.9 Å². The lowest BCUT2D eigenvalue weighted by atomic mass is 10.1. The molecule has 0 atom stereocenters. The van der Waals surface area contributed by atoms with Crippen LogP contribution in [0.2, 0.25) is 0 Å². The highest BCUT2D eigenvalue weighted by atomic mass is 16.5. The molecule has 23 heavy (non-hydrogen) atoms. The van der Waals surface area contributed by atoms with Crippen LogP contribution in [0, 0.1) is 0 Å². The minimum Gasteiger partial charge on any atom is -0.497 e. The maximum Gasteiger partial charge on any atom is 0.228 e. The van der Waals surface area contributed by atoms with E-state index in [-0.39, 0.29) is 11.5 Å². The van der Waals surface area contributed by atoms with Gasteiger partial charge in [-0.2, -0.15) is 0 Å². The van der Waals surface area contributed by atoms with Crippen LogP contribution in [-0.4, -0.2) is 27.1 Å². The maximum atomic E-state index is 12.6. The maximum absolute atomic E-state index is 12.6. The van der Waals surface area contributed by atoms with Crippen molar-refractivity contribution in [2.24, 2.45) is 0 Å². The molecule has 0 bridgehead atoms. The second kappa shape index (κ2) is 6.04. The summed E-state index contributed by atoms with van der Waals surface area (Å²) >= 11 is 0. The van der Waals surface area contributed by atoms with Gasteiger partial charge in [0.1, 0.15) is 5.75 Å². The molecule has 0 aliphatic rings. The minimum absolute atomic E-state index is 0.221. The molecule has 0 saturated heterocycles. The number of ether oxygens (including phenoxy) is 3. The summed E-state index contributed by atoms with van der Waals surface area (Å²) in [6, 6.07) is 12.2. The number of hydrogen-bond acceptors (Lipinski definition) is 5. The van der Waals surface area contributed by atoms with Crippen molar-refractivity contribution in [3.63, 3.8) is 0 Å². The Kier molecular flexibility index (Phi) is 3.93. The van der Waals surface area contributed by atoms with E-state index in [0.717, 1.165) is 5.39 Å². The van der Waals surface area contributed by atoms with Crippen LogP contribution >= 0.6 is 0 Å². The molecule has 0 aliphatic heterocycles. The number of ketones is 1. The summed E-state index contributed by atoms with van der Waals surface area (Å²) in [7, 11) is 4.64. The van der Waals surface area contributed by atoms with Crippen LogP contribution in [0.25, 0.3) is 11.0 Å². The van der Waals surface area contributed by atoms with Gasteiger partial charge in [0.25, 0.3) is 0 Å². The van der Waals surface area contributed by atoms with Crippen molar-refractivity contribution in [2.75, 3.05) is 21.3 Å². The molecule has 0 spiro atoms.